The van der Waals surface area contributed by atoms with E-state index in [1.54, 1.807) is 19.2 Å². The Balaban J connectivity index is 2.53. The van der Waals surface area contributed by atoms with Crippen molar-refractivity contribution >= 4 is 11.6 Å². The molecule has 0 aliphatic heterocycles. The molecule has 4 nitrogen and oxygen atoms in total. The molecule has 0 fully saturated rings. The Kier molecular flexibility index (Phi) is 3.03. The lowest BCUT2D eigenvalue weighted by atomic mass is 10.1. The third-order valence-electron chi connectivity index (χ3n) is 2.48. The molecular weight excluding hydrogens is 238 g/mol. The number of nitrogens with one attached hydrogen (secondary N) is 1. The van der Waals surface area contributed by atoms with E-state index < -0.39 is 0 Å². The van der Waals surface area contributed by atoms with Crippen LogP contribution >= 0.6 is 11.6 Å². The Bertz CT molecular complexity index is 598. The van der Waals surface area contributed by atoms with Gasteiger partial charge in [0.2, 0.25) is 0 Å². The summed E-state index contributed by atoms with van der Waals surface area (Å²) in [5.74, 6) is 0.632. The van der Waals surface area contributed by atoms with E-state index in [0.29, 0.717) is 16.5 Å². The van der Waals surface area contributed by atoms with E-state index in [0.717, 1.165) is 16.8 Å². The fraction of sp³-hybridized carbons (Fsp3) is 0.167. The van der Waals surface area contributed by atoms with Gasteiger partial charge in [-0.1, -0.05) is 11.6 Å². The Morgan fingerprint density at radius 3 is 2.76 bits per heavy atom. The molecule has 0 bridgehead atoms. The van der Waals surface area contributed by atoms with Gasteiger partial charge in [-0.25, -0.2) is 0 Å². The second kappa shape index (κ2) is 4.48. The number of aromatic nitrogens is 2. The highest BCUT2D eigenvalue weighted by Gasteiger charge is 2.10. The summed E-state index contributed by atoms with van der Waals surface area (Å²) < 4.78 is 5.13. The average molecular weight is 248 g/mol. The van der Waals surface area contributed by atoms with Crippen LogP contribution in [0.3, 0.4) is 0 Å². The fourth-order valence-electron chi connectivity index (χ4n) is 1.62. The van der Waals surface area contributed by atoms with Gasteiger partial charge in [0.25, 0.3) is 0 Å². The topological polar surface area (TPSA) is 61.7 Å². The predicted octanol–water partition coefficient (Wildman–Crippen LogP) is 2.92. The van der Waals surface area contributed by atoms with Crippen molar-refractivity contribution in [2.75, 3.05) is 7.11 Å². The molecule has 1 aromatic heterocycles. The summed E-state index contributed by atoms with van der Waals surface area (Å²) in [7, 11) is 1.57. The smallest absolute Gasteiger partial charge is 0.162 e. The maximum atomic E-state index is 8.73. The lowest BCUT2D eigenvalue weighted by molar-refractivity contribution is 0.415. The molecule has 0 saturated heterocycles. The summed E-state index contributed by atoms with van der Waals surface area (Å²) in [6.45, 7) is 1.95. The first-order valence-electron chi connectivity index (χ1n) is 4.95. The van der Waals surface area contributed by atoms with Crippen LogP contribution in [0.5, 0.6) is 5.75 Å². The van der Waals surface area contributed by atoms with Crippen LogP contribution in [0.15, 0.2) is 18.2 Å². The molecule has 0 radical (unpaired) electrons. The van der Waals surface area contributed by atoms with Gasteiger partial charge in [-0.3, -0.25) is 5.10 Å². The number of nitriles is 1. The number of hydrogen-bond acceptors (Lipinski definition) is 3. The minimum atomic E-state index is 0.353. The van der Waals surface area contributed by atoms with Crippen molar-refractivity contribution in [2.45, 2.75) is 6.92 Å². The molecule has 2 rings (SSSR count). The summed E-state index contributed by atoms with van der Waals surface area (Å²) in [6.07, 6.45) is 0. The second-order valence-electron chi connectivity index (χ2n) is 3.58. The Morgan fingerprint density at radius 1 is 1.41 bits per heavy atom. The molecule has 0 saturated carbocycles. The van der Waals surface area contributed by atoms with Crippen molar-refractivity contribution in [1.29, 1.82) is 5.26 Å². The number of halogens is 1. The second-order valence-corrected chi connectivity index (χ2v) is 3.99. The van der Waals surface area contributed by atoms with E-state index in [-0.39, 0.29) is 0 Å². The lowest BCUT2D eigenvalue weighted by Gasteiger charge is -2.08. The van der Waals surface area contributed by atoms with Crippen LogP contribution in [-0.2, 0) is 0 Å². The van der Waals surface area contributed by atoms with E-state index >= 15 is 0 Å². The molecular formula is C12H10ClN3O. The fourth-order valence-corrected chi connectivity index (χ4v) is 1.86. The number of methoxy groups -OCH3 is 1. The quantitative estimate of drug-likeness (QED) is 0.888. The monoisotopic (exact) mass is 247 g/mol. The van der Waals surface area contributed by atoms with Gasteiger partial charge >= 0.3 is 0 Å². The summed E-state index contributed by atoms with van der Waals surface area (Å²) in [4.78, 5) is 0. The standard InChI is InChI=1S/C12H10ClN3O/c1-7-3-12(17-2)10(13)5-9(7)11-4-8(6-14)15-16-11/h3-5H,1-2H3,(H,15,16). The number of rotatable bonds is 2. The first kappa shape index (κ1) is 11.5. The molecule has 0 unspecified atom stereocenters. The summed E-state index contributed by atoms with van der Waals surface area (Å²) in [5.41, 5.74) is 3.03. The lowest BCUT2D eigenvalue weighted by Crippen LogP contribution is -1.89. The number of H-pyrrole nitrogens is 1. The summed E-state index contributed by atoms with van der Waals surface area (Å²) >= 11 is 6.07. The minimum absolute atomic E-state index is 0.353. The largest absolute Gasteiger partial charge is 0.495 e. The van der Waals surface area contributed by atoms with Crippen LogP contribution in [-0.4, -0.2) is 17.3 Å². The van der Waals surface area contributed by atoms with Crippen molar-refractivity contribution in [3.05, 3.63) is 34.5 Å². The predicted molar refractivity (Wildman–Crippen MR) is 65.0 cm³/mol. The summed E-state index contributed by atoms with van der Waals surface area (Å²) in [6, 6.07) is 7.31. The number of benzene rings is 1. The van der Waals surface area contributed by atoms with E-state index in [1.165, 1.54) is 0 Å². The Labute approximate surface area is 104 Å². The highest BCUT2D eigenvalue weighted by molar-refractivity contribution is 6.32. The maximum absolute atomic E-state index is 8.73. The first-order chi connectivity index (χ1) is 8.15. The normalized spacial score (nSPS) is 10.0. The maximum Gasteiger partial charge on any atom is 0.162 e. The number of aryl methyl sites for hydroxylation is 1. The van der Waals surface area contributed by atoms with Gasteiger partial charge in [0, 0.05) is 11.6 Å². The van der Waals surface area contributed by atoms with Gasteiger partial charge in [-0.05, 0) is 24.6 Å². The van der Waals surface area contributed by atoms with Crippen LogP contribution in [0.1, 0.15) is 11.3 Å². The highest BCUT2D eigenvalue weighted by Crippen LogP contribution is 2.32. The van der Waals surface area contributed by atoms with Crippen LogP contribution in [0.2, 0.25) is 5.02 Å². The zero-order valence-corrected chi connectivity index (χ0v) is 10.2. The van der Waals surface area contributed by atoms with Crippen molar-refractivity contribution < 1.29 is 4.74 Å². The SMILES string of the molecule is COc1cc(C)c(-c2cc(C#N)n[nH]2)cc1Cl. The van der Waals surface area contributed by atoms with E-state index in [2.05, 4.69) is 10.2 Å². The molecule has 5 heteroatoms. The number of ether oxygens (including phenoxy) is 1. The Hall–Kier alpha value is -1.99. The first-order valence-corrected chi connectivity index (χ1v) is 5.33. The van der Waals surface area contributed by atoms with Crippen LogP contribution in [0.25, 0.3) is 11.3 Å². The molecule has 17 heavy (non-hydrogen) atoms. The van der Waals surface area contributed by atoms with Crippen molar-refractivity contribution in [2.24, 2.45) is 0 Å². The van der Waals surface area contributed by atoms with Gasteiger partial charge in [0.15, 0.2) is 5.69 Å². The molecule has 1 heterocycles. The van der Waals surface area contributed by atoms with Gasteiger partial charge in [0.05, 0.1) is 17.8 Å². The molecule has 86 valence electrons. The highest BCUT2D eigenvalue weighted by atomic mass is 35.5. The molecule has 0 atom stereocenters. The van der Waals surface area contributed by atoms with Crippen molar-refractivity contribution in [3.8, 4) is 23.1 Å². The molecule has 0 aliphatic carbocycles. The van der Waals surface area contributed by atoms with E-state index in [4.69, 9.17) is 21.6 Å². The molecule has 0 amide bonds. The zero-order valence-electron chi connectivity index (χ0n) is 9.41. The summed E-state index contributed by atoms with van der Waals surface area (Å²) in [5, 5.41) is 15.9. The number of nitrogens with zero attached hydrogens (tertiary/aromatic N) is 2. The van der Waals surface area contributed by atoms with Crippen molar-refractivity contribution in [1.82, 2.24) is 10.2 Å². The van der Waals surface area contributed by atoms with Crippen LogP contribution in [0.4, 0.5) is 0 Å². The average Bonchev–Trinajstić information content (AvgIpc) is 2.80. The minimum Gasteiger partial charge on any atom is -0.495 e. The van der Waals surface area contributed by atoms with Gasteiger partial charge in [-0.15, -0.1) is 0 Å². The van der Waals surface area contributed by atoms with E-state index in [1.807, 2.05) is 19.1 Å². The Morgan fingerprint density at radius 2 is 2.18 bits per heavy atom. The number of aromatic amines is 1. The van der Waals surface area contributed by atoms with Gasteiger partial charge < -0.3 is 4.74 Å². The molecule has 2 aromatic rings. The van der Waals surface area contributed by atoms with Crippen molar-refractivity contribution in [3.63, 3.8) is 0 Å². The van der Waals surface area contributed by atoms with Gasteiger partial charge in [0.1, 0.15) is 11.8 Å². The van der Waals surface area contributed by atoms with E-state index in [9.17, 15) is 0 Å². The molecule has 1 N–H and O–H groups in total. The van der Waals surface area contributed by atoms with Gasteiger partial charge in [-0.2, -0.15) is 10.4 Å². The third kappa shape index (κ3) is 2.10. The third-order valence-corrected chi connectivity index (χ3v) is 2.78. The molecule has 0 spiro atoms. The zero-order chi connectivity index (χ0) is 12.4. The number of hydrogen-bond donors (Lipinski definition) is 1. The molecule has 1 aromatic carbocycles. The van der Waals surface area contributed by atoms with Crippen LogP contribution in [0, 0.1) is 18.3 Å². The van der Waals surface area contributed by atoms with Crippen LogP contribution < -0.4 is 4.74 Å². The molecule has 0 aliphatic rings.